The van der Waals surface area contributed by atoms with E-state index >= 15 is 0 Å². The average Bonchev–Trinajstić information content (AvgIpc) is 2.46. The fraction of sp³-hybridized carbons (Fsp3) is 0.889. The molecule has 0 spiro atoms. The first-order chi connectivity index (χ1) is 10.6. The van der Waals surface area contributed by atoms with Crippen LogP contribution in [0.5, 0.6) is 0 Å². The Morgan fingerprint density at radius 3 is 1.59 bits per heavy atom. The van der Waals surface area contributed by atoms with E-state index in [1.54, 1.807) is 0 Å². The van der Waals surface area contributed by atoms with Gasteiger partial charge in [-0.1, -0.05) is 95.7 Å². The predicted octanol–water partition coefficient (Wildman–Crippen LogP) is 5.81. The van der Waals surface area contributed by atoms with Crippen LogP contribution in [0, 0.1) is 0 Å². The van der Waals surface area contributed by atoms with Crippen LogP contribution in [0.15, 0.2) is 0 Å². The number of carbonyl (C=O) groups excluding carboxylic acids is 1. The Hall–Kier alpha value is -0.510. The summed E-state index contributed by atoms with van der Waals surface area (Å²) in [5.74, 6) is -0.858. The Morgan fingerprint density at radius 1 is 0.818 bits per heavy atom. The van der Waals surface area contributed by atoms with E-state index in [-0.39, 0.29) is 5.12 Å². The van der Waals surface area contributed by atoms with Crippen LogP contribution in [0.1, 0.15) is 97.3 Å². The van der Waals surface area contributed by atoms with Crippen LogP contribution in [-0.4, -0.2) is 21.4 Å². The van der Waals surface area contributed by atoms with Gasteiger partial charge in [-0.05, 0) is 6.42 Å². The summed E-state index contributed by atoms with van der Waals surface area (Å²) < 4.78 is 0. The molecule has 4 heteroatoms. The van der Waals surface area contributed by atoms with E-state index in [4.69, 9.17) is 5.11 Å². The normalized spacial score (nSPS) is 12.3. The van der Waals surface area contributed by atoms with Gasteiger partial charge in [0.15, 0.2) is 5.12 Å². The Bertz CT molecular complexity index is 292. The summed E-state index contributed by atoms with van der Waals surface area (Å²) in [6, 6.07) is 0. The third-order valence-corrected chi connectivity index (χ3v) is 4.96. The predicted molar refractivity (Wildman–Crippen MR) is 95.4 cm³/mol. The third-order valence-electron chi connectivity index (χ3n) is 3.90. The van der Waals surface area contributed by atoms with Gasteiger partial charge in [0, 0.05) is 6.92 Å². The Balaban J connectivity index is 3.35. The highest BCUT2D eigenvalue weighted by Crippen LogP contribution is 2.20. The maximum absolute atomic E-state index is 11.0. The molecule has 1 atom stereocenters. The number of thioether (sulfide) groups is 1. The molecule has 0 radical (unpaired) electrons. The third kappa shape index (κ3) is 14.4. The smallest absolute Gasteiger partial charge is 0.317 e. The Kier molecular flexibility index (Phi) is 15.0. The van der Waals surface area contributed by atoms with Crippen LogP contribution in [0.3, 0.4) is 0 Å². The van der Waals surface area contributed by atoms with Crippen LogP contribution < -0.4 is 0 Å². The van der Waals surface area contributed by atoms with Gasteiger partial charge in [0.1, 0.15) is 5.25 Å². The van der Waals surface area contributed by atoms with Crippen molar-refractivity contribution in [2.45, 2.75) is 103 Å². The quantitative estimate of drug-likeness (QED) is 0.385. The van der Waals surface area contributed by atoms with Crippen molar-refractivity contribution < 1.29 is 14.7 Å². The highest BCUT2D eigenvalue weighted by atomic mass is 32.2. The highest BCUT2D eigenvalue weighted by molar-refractivity contribution is 8.14. The first kappa shape index (κ1) is 21.5. The zero-order valence-electron chi connectivity index (χ0n) is 14.4. The molecule has 0 heterocycles. The molecule has 22 heavy (non-hydrogen) atoms. The fourth-order valence-electron chi connectivity index (χ4n) is 2.60. The molecule has 0 aliphatic heterocycles. The molecule has 0 aromatic heterocycles. The lowest BCUT2D eigenvalue weighted by molar-refractivity contribution is -0.136. The van der Waals surface area contributed by atoms with Gasteiger partial charge in [-0.3, -0.25) is 9.59 Å². The summed E-state index contributed by atoms with van der Waals surface area (Å²) in [7, 11) is 0. The molecule has 1 N–H and O–H groups in total. The molecular weight excluding hydrogens is 296 g/mol. The topological polar surface area (TPSA) is 54.4 Å². The summed E-state index contributed by atoms with van der Waals surface area (Å²) in [6.07, 6.45) is 15.9. The molecule has 0 bridgehead atoms. The number of aliphatic carboxylic acids is 1. The Morgan fingerprint density at radius 2 is 1.23 bits per heavy atom. The highest BCUT2D eigenvalue weighted by Gasteiger charge is 2.19. The maximum atomic E-state index is 11.0. The molecule has 0 aliphatic carbocycles. The summed E-state index contributed by atoms with van der Waals surface area (Å²) in [6.45, 7) is 3.68. The standard InChI is InChI=1S/C18H34O3S/c1-3-4-5-6-7-8-9-10-11-12-13-14-15-17(18(20)21)22-16(2)19/h17H,3-15H2,1-2H3,(H,20,21). The summed E-state index contributed by atoms with van der Waals surface area (Å²) in [5, 5.41) is 8.37. The monoisotopic (exact) mass is 330 g/mol. The van der Waals surface area contributed by atoms with Crippen molar-refractivity contribution in [1.29, 1.82) is 0 Å². The number of hydrogen-bond acceptors (Lipinski definition) is 3. The second-order valence-corrected chi connectivity index (χ2v) is 7.49. The van der Waals surface area contributed by atoms with E-state index in [1.807, 2.05) is 0 Å². The van der Waals surface area contributed by atoms with Crippen molar-refractivity contribution in [2.24, 2.45) is 0 Å². The van der Waals surface area contributed by atoms with Gasteiger partial charge in [0.25, 0.3) is 0 Å². The Labute approximate surface area is 140 Å². The van der Waals surface area contributed by atoms with Crippen LogP contribution in [0.2, 0.25) is 0 Å². The molecule has 0 aromatic rings. The number of carbonyl (C=O) groups is 2. The van der Waals surface area contributed by atoms with Crippen molar-refractivity contribution >= 4 is 22.8 Å². The van der Waals surface area contributed by atoms with Crippen LogP contribution in [0.4, 0.5) is 0 Å². The van der Waals surface area contributed by atoms with Gasteiger partial charge in [-0.15, -0.1) is 0 Å². The first-order valence-corrected chi connectivity index (χ1v) is 9.86. The van der Waals surface area contributed by atoms with E-state index in [0.717, 1.165) is 24.6 Å². The van der Waals surface area contributed by atoms with E-state index in [9.17, 15) is 9.59 Å². The van der Waals surface area contributed by atoms with E-state index in [0.29, 0.717) is 6.42 Å². The van der Waals surface area contributed by atoms with Gasteiger partial charge in [0.05, 0.1) is 0 Å². The zero-order chi connectivity index (χ0) is 16.6. The van der Waals surface area contributed by atoms with E-state index in [2.05, 4.69) is 6.92 Å². The lowest BCUT2D eigenvalue weighted by Gasteiger charge is -2.09. The van der Waals surface area contributed by atoms with Gasteiger partial charge in [-0.2, -0.15) is 0 Å². The van der Waals surface area contributed by atoms with Gasteiger partial charge in [0.2, 0.25) is 0 Å². The van der Waals surface area contributed by atoms with Crippen molar-refractivity contribution in [3.8, 4) is 0 Å². The number of hydrogen-bond donors (Lipinski definition) is 1. The minimum atomic E-state index is -0.858. The first-order valence-electron chi connectivity index (χ1n) is 8.98. The van der Waals surface area contributed by atoms with Gasteiger partial charge >= 0.3 is 5.97 Å². The molecule has 0 fully saturated rings. The van der Waals surface area contributed by atoms with E-state index in [1.165, 1.54) is 71.1 Å². The molecule has 0 rings (SSSR count). The maximum Gasteiger partial charge on any atom is 0.317 e. The number of carboxylic acid groups (broad SMARTS) is 1. The molecule has 0 aliphatic rings. The van der Waals surface area contributed by atoms with Crippen LogP contribution in [0.25, 0.3) is 0 Å². The van der Waals surface area contributed by atoms with Gasteiger partial charge < -0.3 is 5.11 Å². The van der Waals surface area contributed by atoms with Crippen molar-refractivity contribution in [3.05, 3.63) is 0 Å². The lowest BCUT2D eigenvalue weighted by Crippen LogP contribution is -2.17. The summed E-state index contributed by atoms with van der Waals surface area (Å²) >= 11 is 0.952. The van der Waals surface area contributed by atoms with Gasteiger partial charge in [-0.25, -0.2) is 0 Å². The summed E-state index contributed by atoms with van der Waals surface area (Å²) in [5.41, 5.74) is 0. The number of carboxylic acids is 1. The second kappa shape index (κ2) is 15.4. The minimum Gasteiger partial charge on any atom is -0.480 e. The molecule has 0 saturated carbocycles. The molecule has 130 valence electrons. The summed E-state index contributed by atoms with van der Waals surface area (Å²) in [4.78, 5) is 22.0. The number of rotatable bonds is 15. The largest absolute Gasteiger partial charge is 0.480 e. The molecule has 0 aromatic carbocycles. The van der Waals surface area contributed by atoms with Crippen molar-refractivity contribution in [1.82, 2.24) is 0 Å². The average molecular weight is 331 g/mol. The van der Waals surface area contributed by atoms with Crippen LogP contribution in [-0.2, 0) is 9.59 Å². The molecule has 0 saturated heterocycles. The number of unbranched alkanes of at least 4 members (excludes halogenated alkanes) is 11. The minimum absolute atomic E-state index is 0.105. The molecule has 0 amide bonds. The molecule has 3 nitrogen and oxygen atoms in total. The van der Waals surface area contributed by atoms with E-state index < -0.39 is 11.2 Å². The van der Waals surface area contributed by atoms with Crippen molar-refractivity contribution in [3.63, 3.8) is 0 Å². The fourth-order valence-corrected chi connectivity index (χ4v) is 3.39. The SMILES string of the molecule is CCCCCCCCCCCCCCC(SC(C)=O)C(=O)O. The van der Waals surface area contributed by atoms with Crippen LogP contribution >= 0.6 is 11.8 Å². The second-order valence-electron chi connectivity index (χ2n) is 6.11. The van der Waals surface area contributed by atoms with Crippen molar-refractivity contribution in [2.75, 3.05) is 0 Å². The zero-order valence-corrected chi connectivity index (χ0v) is 15.3. The molecule has 1 unspecified atom stereocenters. The molecular formula is C18H34O3S. The lowest BCUT2D eigenvalue weighted by atomic mass is 10.0.